The van der Waals surface area contributed by atoms with E-state index < -0.39 is 6.17 Å². The second kappa shape index (κ2) is 22.1. The number of rotatable bonds is 11. The maximum Gasteiger partial charge on any atom is 0.164 e. The molecule has 1 aliphatic carbocycles. The summed E-state index contributed by atoms with van der Waals surface area (Å²) in [4.78, 5) is 27.0. The largest absolute Gasteiger partial charge is 0.344 e. The molecule has 1 unspecified atom stereocenters. The molecule has 12 aromatic carbocycles. The predicted molar refractivity (Wildman–Crippen MR) is 371 cm³/mol. The molecule has 3 aromatic heterocycles. The van der Waals surface area contributed by atoms with Crippen molar-refractivity contribution in [2.24, 2.45) is 9.98 Å². The van der Waals surface area contributed by atoms with Crippen LogP contribution >= 0.6 is 0 Å². The fraction of sp³-hybridized carbons (Fsp3) is 0.0366. The van der Waals surface area contributed by atoms with Gasteiger partial charge in [0, 0.05) is 54.7 Å². The van der Waals surface area contributed by atoms with E-state index in [4.69, 9.17) is 24.9 Å². The molecule has 0 amide bonds. The molecule has 90 heavy (non-hydrogen) atoms. The van der Waals surface area contributed by atoms with Crippen molar-refractivity contribution in [1.82, 2.24) is 29.4 Å². The first-order valence-electron chi connectivity index (χ1n) is 30.7. The highest BCUT2D eigenvalue weighted by atomic mass is 15.2. The molecule has 1 aliphatic heterocycles. The van der Waals surface area contributed by atoms with Crippen molar-refractivity contribution in [3.8, 4) is 78.9 Å². The highest BCUT2D eigenvalue weighted by Gasteiger charge is 2.30. The fourth-order valence-electron chi connectivity index (χ4n) is 13.4. The van der Waals surface area contributed by atoms with Crippen molar-refractivity contribution < 1.29 is 0 Å². The van der Waals surface area contributed by atoms with Crippen molar-refractivity contribution in [3.63, 3.8) is 0 Å². The lowest BCUT2D eigenvalue weighted by molar-refractivity contribution is 0.672. The van der Waals surface area contributed by atoms with Crippen LogP contribution in [0.15, 0.2) is 319 Å². The fourth-order valence-corrected chi connectivity index (χ4v) is 13.4. The van der Waals surface area contributed by atoms with Gasteiger partial charge in [0.15, 0.2) is 23.3 Å². The first-order valence-corrected chi connectivity index (χ1v) is 30.7. The van der Waals surface area contributed by atoms with E-state index in [1.807, 2.05) is 36.4 Å². The third kappa shape index (κ3) is 9.20. The summed E-state index contributed by atoms with van der Waals surface area (Å²) in [6.07, 6.45) is 7.74. The topological polar surface area (TPSA) is 85.3 Å². The molecular formula is C82H56N8. The molecule has 17 rings (SSSR count). The minimum Gasteiger partial charge on any atom is -0.344 e. The molecule has 4 heterocycles. The van der Waals surface area contributed by atoms with Gasteiger partial charge in [0.1, 0.15) is 12.0 Å². The van der Waals surface area contributed by atoms with Gasteiger partial charge in [0.05, 0.1) is 33.4 Å². The molecule has 0 radical (unpaired) electrons. The van der Waals surface area contributed by atoms with Crippen LogP contribution in [0.5, 0.6) is 0 Å². The third-order valence-electron chi connectivity index (χ3n) is 17.7. The van der Waals surface area contributed by atoms with Gasteiger partial charge in [0.25, 0.3) is 0 Å². The summed E-state index contributed by atoms with van der Waals surface area (Å²) in [5.74, 6) is 3.08. The zero-order valence-corrected chi connectivity index (χ0v) is 49.0. The SMILES string of the molecule is C1=CCCC(C2=NC(c3ccc(-c4ccccc4)cc3)NC(c3cc(-c4nc(-c5ccccc5)nc(-c5ccccc5)n4)ccc3-n3c4ccc(-c5ccccc5)cc4c4cc(-c5ccccc5)c5c(c6ccccc6n5-c5cccc6ccccc56)c43)=N2)=C1. The minimum absolute atomic E-state index is 0.488. The standard InChI is InChI=1S/C82H56N8/c1-7-24-53(25-8-1)55-42-44-61(45-43-55)80-84-79(60-35-17-6-18-36-60)87-82(88-80)69-51-63(81-85-77(58-31-13-4-14-32-58)83-78(86-81)59-33-15-5-16-34-59)47-49-73(69)90-72-48-46-62(54-26-9-2-10-27-54)50-67(72)68-52-66(57-28-11-3-12-29-57)75-74(76(68)90)65-39-21-22-40-71(65)89(75)70-41-23-37-56-30-19-20-38-64(56)70/h1-17,19-35,37-52,80H,18,36H2,(H,84,87,88). The Bertz CT molecular complexity index is 5350. The number of fused-ring (bicyclic) bond motifs is 8. The van der Waals surface area contributed by atoms with Gasteiger partial charge in [-0.05, 0) is 106 Å². The number of amidine groups is 2. The van der Waals surface area contributed by atoms with Gasteiger partial charge >= 0.3 is 0 Å². The maximum atomic E-state index is 5.69. The van der Waals surface area contributed by atoms with E-state index in [2.05, 4.69) is 281 Å². The van der Waals surface area contributed by atoms with Crippen molar-refractivity contribution in [1.29, 1.82) is 0 Å². The van der Waals surface area contributed by atoms with Crippen LogP contribution in [0, 0.1) is 0 Å². The second-order valence-corrected chi connectivity index (χ2v) is 23.1. The Labute approximate surface area is 520 Å². The Hall–Kier alpha value is -11.9. The average Bonchev–Trinajstić information content (AvgIpc) is 1.54. The van der Waals surface area contributed by atoms with Gasteiger partial charge in [-0.3, -0.25) is 0 Å². The molecular weight excluding hydrogens is 1100 g/mol. The summed E-state index contributed by atoms with van der Waals surface area (Å²) in [5, 5.41) is 10.8. The molecule has 8 nitrogen and oxygen atoms in total. The molecule has 15 aromatic rings. The number of benzene rings is 12. The number of nitrogens with one attached hydrogen (secondary N) is 1. The van der Waals surface area contributed by atoms with Crippen LogP contribution in [0.25, 0.3) is 133 Å². The first-order chi connectivity index (χ1) is 44.6. The number of aliphatic imine (C=N–C) groups is 2. The Kier molecular flexibility index (Phi) is 12.9. The van der Waals surface area contributed by atoms with Gasteiger partial charge in [-0.1, -0.05) is 255 Å². The maximum absolute atomic E-state index is 5.69. The van der Waals surface area contributed by atoms with E-state index in [1.165, 1.54) is 10.8 Å². The van der Waals surface area contributed by atoms with Crippen molar-refractivity contribution in [2.45, 2.75) is 19.0 Å². The van der Waals surface area contributed by atoms with E-state index in [-0.39, 0.29) is 0 Å². The smallest absolute Gasteiger partial charge is 0.164 e. The quantitative estimate of drug-likeness (QED) is 0.140. The molecule has 1 atom stereocenters. The van der Waals surface area contributed by atoms with Crippen LogP contribution < -0.4 is 5.32 Å². The number of hydrogen-bond acceptors (Lipinski definition) is 6. The predicted octanol–water partition coefficient (Wildman–Crippen LogP) is 19.9. The van der Waals surface area contributed by atoms with Gasteiger partial charge in [-0.2, -0.15) is 0 Å². The number of allylic oxidation sites excluding steroid dienone is 3. The van der Waals surface area contributed by atoms with E-state index in [0.29, 0.717) is 29.1 Å². The summed E-state index contributed by atoms with van der Waals surface area (Å²) in [5.41, 5.74) is 18.8. The van der Waals surface area contributed by atoms with E-state index in [1.54, 1.807) is 0 Å². The van der Waals surface area contributed by atoms with Crippen LogP contribution in [-0.2, 0) is 0 Å². The van der Waals surface area contributed by atoms with Crippen LogP contribution in [0.2, 0.25) is 0 Å². The number of aromatic nitrogens is 5. The lowest BCUT2D eigenvalue weighted by Crippen LogP contribution is -2.34. The normalized spacial score (nSPS) is 14.0. The van der Waals surface area contributed by atoms with E-state index in [9.17, 15) is 0 Å². The van der Waals surface area contributed by atoms with E-state index >= 15 is 0 Å². The summed E-state index contributed by atoms with van der Waals surface area (Å²) in [6, 6.07) is 102. The lowest BCUT2D eigenvalue weighted by Gasteiger charge is -2.26. The van der Waals surface area contributed by atoms with Crippen LogP contribution in [0.3, 0.4) is 0 Å². The van der Waals surface area contributed by atoms with Gasteiger partial charge in [-0.15, -0.1) is 0 Å². The third-order valence-corrected chi connectivity index (χ3v) is 17.7. The lowest BCUT2D eigenvalue weighted by atomic mass is 9.97. The summed E-state index contributed by atoms with van der Waals surface area (Å²) < 4.78 is 5.02. The Morgan fingerprint density at radius 1 is 0.378 bits per heavy atom. The molecule has 0 saturated heterocycles. The van der Waals surface area contributed by atoms with E-state index in [0.717, 1.165) is 135 Å². The van der Waals surface area contributed by atoms with Crippen molar-refractivity contribution >= 4 is 66.1 Å². The zero-order valence-electron chi connectivity index (χ0n) is 49.0. The number of hydrogen-bond donors (Lipinski definition) is 1. The monoisotopic (exact) mass is 1150 g/mol. The van der Waals surface area contributed by atoms with Crippen LogP contribution in [-0.4, -0.2) is 35.8 Å². The highest BCUT2D eigenvalue weighted by Crippen LogP contribution is 2.48. The van der Waals surface area contributed by atoms with Gasteiger partial charge < -0.3 is 14.5 Å². The summed E-state index contributed by atoms with van der Waals surface area (Å²) in [7, 11) is 0. The minimum atomic E-state index is -0.488. The molecule has 1 N–H and O–H groups in total. The molecule has 0 spiro atoms. The number of para-hydroxylation sites is 1. The Balaban J connectivity index is 0.992. The molecule has 0 saturated carbocycles. The van der Waals surface area contributed by atoms with Crippen LogP contribution in [0.1, 0.15) is 30.1 Å². The van der Waals surface area contributed by atoms with Crippen molar-refractivity contribution in [2.75, 3.05) is 0 Å². The molecule has 2 aliphatic rings. The molecule has 0 bridgehead atoms. The Morgan fingerprint density at radius 3 is 1.60 bits per heavy atom. The zero-order chi connectivity index (χ0) is 59.5. The Morgan fingerprint density at radius 2 is 0.922 bits per heavy atom. The molecule has 0 fully saturated rings. The number of nitrogens with zero attached hydrogens (tertiary/aromatic N) is 7. The molecule has 8 heteroatoms. The van der Waals surface area contributed by atoms with Crippen molar-refractivity contribution in [3.05, 3.63) is 320 Å². The second-order valence-electron chi connectivity index (χ2n) is 23.1. The highest BCUT2D eigenvalue weighted by molar-refractivity contribution is 6.30. The molecule has 424 valence electrons. The first kappa shape index (κ1) is 52.5. The average molecular weight is 1150 g/mol. The van der Waals surface area contributed by atoms with Gasteiger partial charge in [-0.25, -0.2) is 24.9 Å². The summed E-state index contributed by atoms with van der Waals surface area (Å²) in [6.45, 7) is 0. The van der Waals surface area contributed by atoms with Gasteiger partial charge in [0.2, 0.25) is 0 Å². The van der Waals surface area contributed by atoms with Crippen LogP contribution in [0.4, 0.5) is 0 Å². The summed E-state index contributed by atoms with van der Waals surface area (Å²) >= 11 is 0.